The van der Waals surface area contributed by atoms with Crippen molar-refractivity contribution >= 4 is 52.4 Å². The van der Waals surface area contributed by atoms with Gasteiger partial charge in [0.25, 0.3) is 0 Å². The Morgan fingerprint density at radius 1 is 0.939 bits per heavy atom. The predicted molar refractivity (Wildman–Crippen MR) is 133 cm³/mol. The summed E-state index contributed by atoms with van der Waals surface area (Å²) >= 11 is 18.3. The van der Waals surface area contributed by atoms with Gasteiger partial charge in [-0.05, 0) is 66.2 Å². The SMILES string of the molecule is COc1ccc(-n2nc(C=C(C(=O)O)c3ccc(Cl)cc3)cc2-c2ccc(Cl)c(Cl)c2)cc1. The van der Waals surface area contributed by atoms with Crippen molar-refractivity contribution in [3.63, 3.8) is 0 Å². The number of benzene rings is 3. The van der Waals surface area contributed by atoms with E-state index in [9.17, 15) is 9.90 Å². The number of ether oxygens (including phenoxy) is 1. The molecule has 4 aromatic rings. The maximum Gasteiger partial charge on any atom is 0.336 e. The fourth-order valence-electron chi connectivity index (χ4n) is 3.30. The van der Waals surface area contributed by atoms with Crippen LogP contribution < -0.4 is 4.74 Å². The number of hydrogen-bond acceptors (Lipinski definition) is 3. The van der Waals surface area contributed by atoms with E-state index in [-0.39, 0.29) is 5.57 Å². The second-order valence-electron chi connectivity index (χ2n) is 7.06. The summed E-state index contributed by atoms with van der Waals surface area (Å²) in [4.78, 5) is 12.0. The molecule has 0 spiro atoms. The summed E-state index contributed by atoms with van der Waals surface area (Å²) in [6, 6.07) is 21.0. The molecular formula is C25H17Cl3N2O3. The molecule has 1 aromatic heterocycles. The first-order valence-electron chi connectivity index (χ1n) is 9.76. The van der Waals surface area contributed by atoms with Crippen LogP contribution in [0, 0.1) is 0 Å². The van der Waals surface area contributed by atoms with Crippen LogP contribution in [0.25, 0.3) is 28.6 Å². The molecule has 0 saturated heterocycles. The van der Waals surface area contributed by atoms with E-state index >= 15 is 0 Å². The van der Waals surface area contributed by atoms with Gasteiger partial charge in [0, 0.05) is 10.6 Å². The summed E-state index contributed by atoms with van der Waals surface area (Å²) in [6.45, 7) is 0. The molecule has 1 heterocycles. The van der Waals surface area contributed by atoms with Crippen molar-refractivity contribution in [2.75, 3.05) is 7.11 Å². The van der Waals surface area contributed by atoms with E-state index in [1.165, 1.54) is 6.08 Å². The van der Waals surface area contributed by atoms with E-state index in [2.05, 4.69) is 5.10 Å². The van der Waals surface area contributed by atoms with Gasteiger partial charge in [0.1, 0.15) is 5.75 Å². The lowest BCUT2D eigenvalue weighted by atomic mass is 10.0. The van der Waals surface area contributed by atoms with Crippen LogP contribution in [-0.4, -0.2) is 28.0 Å². The number of rotatable bonds is 6. The van der Waals surface area contributed by atoms with Crippen LogP contribution in [0.2, 0.25) is 15.1 Å². The molecule has 0 aliphatic carbocycles. The third-order valence-corrected chi connectivity index (χ3v) is 5.93. The van der Waals surface area contributed by atoms with Gasteiger partial charge in [-0.1, -0.05) is 53.0 Å². The standard InChI is InChI=1S/C25H17Cl3N2O3/c1-33-20-9-7-19(8-10-20)30-24(16-4-11-22(27)23(28)12-16)14-18(29-30)13-21(25(31)32)15-2-5-17(26)6-3-15/h2-14H,1H3,(H,31,32). The topological polar surface area (TPSA) is 64.4 Å². The number of carboxylic acid groups (broad SMARTS) is 1. The van der Waals surface area contributed by atoms with Crippen molar-refractivity contribution in [1.82, 2.24) is 9.78 Å². The van der Waals surface area contributed by atoms with Crippen LogP contribution in [0.5, 0.6) is 5.75 Å². The molecule has 0 unspecified atom stereocenters. The quantitative estimate of drug-likeness (QED) is 0.287. The maximum absolute atomic E-state index is 12.0. The Labute approximate surface area is 205 Å². The number of aliphatic carboxylic acids is 1. The number of halogens is 3. The molecule has 0 saturated carbocycles. The highest BCUT2D eigenvalue weighted by Crippen LogP contribution is 2.32. The molecular weight excluding hydrogens is 483 g/mol. The van der Waals surface area contributed by atoms with E-state index in [0.717, 1.165) is 11.3 Å². The molecule has 5 nitrogen and oxygen atoms in total. The minimum absolute atomic E-state index is 0.0896. The van der Waals surface area contributed by atoms with E-state index < -0.39 is 5.97 Å². The number of nitrogens with zero attached hydrogens (tertiary/aromatic N) is 2. The average Bonchev–Trinajstić information content (AvgIpc) is 3.24. The summed E-state index contributed by atoms with van der Waals surface area (Å²) in [5.74, 6) is -0.370. The van der Waals surface area contributed by atoms with Crippen LogP contribution in [0.15, 0.2) is 72.8 Å². The lowest BCUT2D eigenvalue weighted by Gasteiger charge is -2.09. The number of methoxy groups -OCH3 is 1. The second kappa shape index (κ2) is 9.71. The number of carbonyl (C=O) groups is 1. The van der Waals surface area contributed by atoms with Gasteiger partial charge >= 0.3 is 5.97 Å². The molecule has 33 heavy (non-hydrogen) atoms. The lowest BCUT2D eigenvalue weighted by Crippen LogP contribution is -2.01. The normalized spacial score (nSPS) is 11.5. The molecule has 8 heteroatoms. The highest BCUT2D eigenvalue weighted by Gasteiger charge is 2.16. The molecule has 0 fully saturated rings. The molecule has 0 atom stereocenters. The molecule has 0 aliphatic heterocycles. The molecule has 0 radical (unpaired) electrons. The van der Waals surface area contributed by atoms with Crippen LogP contribution in [-0.2, 0) is 4.79 Å². The van der Waals surface area contributed by atoms with Crippen molar-refractivity contribution in [2.45, 2.75) is 0 Å². The Kier molecular flexibility index (Phi) is 6.75. The zero-order valence-electron chi connectivity index (χ0n) is 17.3. The van der Waals surface area contributed by atoms with E-state index in [1.807, 2.05) is 30.3 Å². The Balaban J connectivity index is 1.87. The van der Waals surface area contributed by atoms with Gasteiger partial charge in [0.2, 0.25) is 0 Å². The van der Waals surface area contributed by atoms with Crippen molar-refractivity contribution < 1.29 is 14.6 Å². The van der Waals surface area contributed by atoms with Gasteiger partial charge in [0.15, 0.2) is 0 Å². The maximum atomic E-state index is 12.0. The highest BCUT2D eigenvalue weighted by molar-refractivity contribution is 6.42. The summed E-state index contributed by atoms with van der Waals surface area (Å²) in [5, 5.41) is 15.8. The van der Waals surface area contributed by atoms with Gasteiger partial charge in [-0.25, -0.2) is 9.48 Å². The van der Waals surface area contributed by atoms with Crippen molar-refractivity contribution in [3.8, 4) is 22.7 Å². The Morgan fingerprint density at radius 3 is 2.24 bits per heavy atom. The first kappa shape index (κ1) is 22.9. The third-order valence-electron chi connectivity index (χ3n) is 4.94. The molecule has 0 aliphatic rings. The first-order chi connectivity index (χ1) is 15.9. The van der Waals surface area contributed by atoms with Gasteiger partial charge in [-0.2, -0.15) is 5.10 Å². The summed E-state index contributed by atoms with van der Waals surface area (Å²) in [7, 11) is 1.59. The van der Waals surface area contributed by atoms with Crippen LogP contribution in [0.4, 0.5) is 0 Å². The largest absolute Gasteiger partial charge is 0.497 e. The van der Waals surface area contributed by atoms with Crippen molar-refractivity contribution in [2.24, 2.45) is 0 Å². The lowest BCUT2D eigenvalue weighted by molar-refractivity contribution is -0.130. The highest BCUT2D eigenvalue weighted by atomic mass is 35.5. The molecule has 0 bridgehead atoms. The fourth-order valence-corrected chi connectivity index (χ4v) is 3.72. The Bertz CT molecular complexity index is 1340. The smallest absolute Gasteiger partial charge is 0.336 e. The third kappa shape index (κ3) is 5.06. The second-order valence-corrected chi connectivity index (χ2v) is 8.31. The molecule has 166 valence electrons. The van der Waals surface area contributed by atoms with Crippen LogP contribution >= 0.6 is 34.8 Å². The van der Waals surface area contributed by atoms with Crippen molar-refractivity contribution in [3.05, 3.63) is 99.1 Å². The Morgan fingerprint density at radius 2 is 1.64 bits per heavy atom. The summed E-state index contributed by atoms with van der Waals surface area (Å²) in [5.41, 5.74) is 3.31. The minimum Gasteiger partial charge on any atom is -0.497 e. The first-order valence-corrected chi connectivity index (χ1v) is 10.9. The fraction of sp³-hybridized carbons (Fsp3) is 0.0400. The van der Waals surface area contributed by atoms with Crippen LogP contribution in [0.3, 0.4) is 0 Å². The van der Waals surface area contributed by atoms with E-state index in [0.29, 0.717) is 37.8 Å². The van der Waals surface area contributed by atoms with E-state index in [4.69, 9.17) is 39.5 Å². The zero-order valence-corrected chi connectivity index (χ0v) is 19.6. The van der Waals surface area contributed by atoms with Gasteiger partial charge in [-0.3, -0.25) is 0 Å². The number of carboxylic acids is 1. The molecule has 3 aromatic carbocycles. The average molecular weight is 500 g/mol. The van der Waals surface area contributed by atoms with Gasteiger partial charge in [-0.15, -0.1) is 0 Å². The number of aromatic nitrogens is 2. The van der Waals surface area contributed by atoms with Crippen LogP contribution in [0.1, 0.15) is 11.3 Å². The predicted octanol–water partition coefficient (Wildman–Crippen LogP) is 7.13. The van der Waals surface area contributed by atoms with Gasteiger partial charge in [0.05, 0.1) is 39.8 Å². The monoisotopic (exact) mass is 498 g/mol. The van der Waals surface area contributed by atoms with Gasteiger partial charge < -0.3 is 9.84 Å². The molecule has 1 N–H and O–H groups in total. The minimum atomic E-state index is -1.08. The summed E-state index contributed by atoms with van der Waals surface area (Å²) in [6.07, 6.45) is 1.52. The molecule has 0 amide bonds. The molecule has 4 rings (SSSR count). The number of hydrogen-bond donors (Lipinski definition) is 1. The van der Waals surface area contributed by atoms with E-state index in [1.54, 1.807) is 54.3 Å². The van der Waals surface area contributed by atoms with Crippen molar-refractivity contribution in [1.29, 1.82) is 0 Å². The summed E-state index contributed by atoms with van der Waals surface area (Å²) < 4.78 is 6.96. The Hall–Kier alpha value is -3.25. The zero-order chi connectivity index (χ0) is 23.5.